The van der Waals surface area contributed by atoms with Crippen molar-refractivity contribution >= 4 is 44.2 Å². The second-order valence-corrected chi connectivity index (χ2v) is 7.67. The number of fused-ring (bicyclic) bond motifs is 1. The number of H-pyrrole nitrogens is 1. The molecule has 7 nitrogen and oxygen atoms in total. The van der Waals surface area contributed by atoms with E-state index in [2.05, 4.69) is 41.1 Å². The second kappa shape index (κ2) is 7.28. The Bertz CT molecular complexity index is 1000. The lowest BCUT2D eigenvalue weighted by Crippen LogP contribution is -2.43. The van der Waals surface area contributed by atoms with Gasteiger partial charge in [-0.05, 0) is 47.8 Å². The van der Waals surface area contributed by atoms with E-state index in [1.165, 1.54) is 0 Å². The van der Waals surface area contributed by atoms with Crippen LogP contribution in [0, 0.1) is 6.92 Å². The summed E-state index contributed by atoms with van der Waals surface area (Å²) in [5.74, 6) is -0.192. The molecule has 0 spiro atoms. The van der Waals surface area contributed by atoms with Crippen LogP contribution < -0.4 is 16.0 Å². The number of piperidine rings is 1. The number of halogens is 1. The van der Waals surface area contributed by atoms with Gasteiger partial charge in [0.25, 0.3) is 5.91 Å². The van der Waals surface area contributed by atoms with E-state index in [9.17, 15) is 4.79 Å². The van der Waals surface area contributed by atoms with Crippen LogP contribution in [0.25, 0.3) is 11.0 Å². The predicted molar refractivity (Wildman–Crippen MR) is 110 cm³/mol. The molecule has 8 heteroatoms. The molecule has 3 aromatic heterocycles. The maximum Gasteiger partial charge on any atom is 0.257 e. The quantitative estimate of drug-likeness (QED) is 0.594. The molecule has 1 aliphatic heterocycles. The number of amides is 1. The summed E-state index contributed by atoms with van der Waals surface area (Å²) < 4.78 is 0.886. The van der Waals surface area contributed by atoms with Crippen LogP contribution in [-0.4, -0.2) is 40.0 Å². The van der Waals surface area contributed by atoms with E-state index in [4.69, 9.17) is 5.73 Å². The van der Waals surface area contributed by atoms with E-state index in [0.717, 1.165) is 47.1 Å². The molecule has 4 rings (SSSR count). The van der Waals surface area contributed by atoms with Crippen molar-refractivity contribution in [1.82, 2.24) is 15.0 Å². The highest BCUT2D eigenvalue weighted by atomic mass is 79.9. The highest BCUT2D eigenvalue weighted by molar-refractivity contribution is 9.10. The van der Waals surface area contributed by atoms with Crippen molar-refractivity contribution < 1.29 is 4.79 Å². The molecule has 27 heavy (non-hydrogen) atoms. The number of hydrogen-bond donors (Lipinski definition) is 3. The molecule has 1 aliphatic rings. The number of carbonyl (C=O) groups excluding carboxylic acids is 1. The van der Waals surface area contributed by atoms with E-state index in [-0.39, 0.29) is 11.9 Å². The van der Waals surface area contributed by atoms with Crippen molar-refractivity contribution in [1.29, 1.82) is 0 Å². The van der Waals surface area contributed by atoms with Crippen molar-refractivity contribution in [3.05, 3.63) is 46.5 Å². The molecule has 1 atom stereocenters. The summed E-state index contributed by atoms with van der Waals surface area (Å²) in [6.07, 6.45) is 7.31. The van der Waals surface area contributed by atoms with Crippen LogP contribution in [0.4, 0.5) is 11.4 Å². The summed E-state index contributed by atoms with van der Waals surface area (Å²) in [5.41, 5.74) is 9.86. The first-order valence-corrected chi connectivity index (χ1v) is 9.73. The summed E-state index contributed by atoms with van der Waals surface area (Å²) in [7, 11) is 0. The number of carbonyl (C=O) groups is 1. The predicted octanol–water partition coefficient (Wildman–Crippen LogP) is 3.21. The number of rotatable bonds is 3. The third kappa shape index (κ3) is 3.42. The molecule has 1 unspecified atom stereocenters. The third-order valence-electron chi connectivity index (χ3n) is 4.90. The Kier molecular flexibility index (Phi) is 4.84. The first-order chi connectivity index (χ1) is 13.0. The molecule has 0 bridgehead atoms. The smallest absolute Gasteiger partial charge is 0.257 e. The van der Waals surface area contributed by atoms with Crippen LogP contribution in [0.3, 0.4) is 0 Å². The Morgan fingerprint density at radius 1 is 1.44 bits per heavy atom. The fourth-order valence-electron chi connectivity index (χ4n) is 3.59. The number of nitrogens with one attached hydrogen (secondary N) is 2. The second-order valence-electron chi connectivity index (χ2n) is 6.82. The van der Waals surface area contributed by atoms with Crippen LogP contribution in [-0.2, 0) is 0 Å². The molecule has 140 valence electrons. The fraction of sp³-hybridized carbons (Fsp3) is 0.316. The minimum atomic E-state index is -0.192. The van der Waals surface area contributed by atoms with E-state index in [1.54, 1.807) is 30.7 Å². The topological polar surface area (TPSA) is 99.9 Å². The highest BCUT2D eigenvalue weighted by Crippen LogP contribution is 2.38. The lowest BCUT2D eigenvalue weighted by molar-refractivity contribution is 0.102. The summed E-state index contributed by atoms with van der Waals surface area (Å²) in [4.78, 5) is 26.8. The Labute approximate surface area is 165 Å². The number of aromatic nitrogens is 3. The minimum Gasteiger partial charge on any atom is -0.368 e. The zero-order valence-electron chi connectivity index (χ0n) is 15.0. The van der Waals surface area contributed by atoms with Gasteiger partial charge in [0, 0.05) is 43.4 Å². The Balaban J connectivity index is 1.75. The van der Waals surface area contributed by atoms with Gasteiger partial charge in [0.1, 0.15) is 5.65 Å². The zero-order valence-corrected chi connectivity index (χ0v) is 16.6. The van der Waals surface area contributed by atoms with Crippen LogP contribution in [0.1, 0.15) is 28.9 Å². The Morgan fingerprint density at radius 3 is 3.07 bits per heavy atom. The molecular formula is C19H21BrN6O. The number of nitrogens with two attached hydrogens (primary N) is 1. The summed E-state index contributed by atoms with van der Waals surface area (Å²) in [5, 5.41) is 3.89. The normalized spacial score (nSPS) is 17.3. The van der Waals surface area contributed by atoms with Crippen molar-refractivity contribution in [3.8, 4) is 0 Å². The zero-order chi connectivity index (χ0) is 19.0. The number of hydrogen-bond acceptors (Lipinski definition) is 5. The molecule has 3 aromatic rings. The third-order valence-corrected chi connectivity index (χ3v) is 5.48. The lowest BCUT2D eigenvalue weighted by atomic mass is 10.1. The number of aryl methyl sites for hydroxylation is 1. The van der Waals surface area contributed by atoms with Crippen LogP contribution in [0.15, 0.2) is 35.2 Å². The summed E-state index contributed by atoms with van der Waals surface area (Å²) in [6.45, 7) is 3.52. The van der Waals surface area contributed by atoms with E-state index in [0.29, 0.717) is 16.9 Å². The van der Waals surface area contributed by atoms with Crippen LogP contribution in [0.5, 0.6) is 0 Å². The first-order valence-electron chi connectivity index (χ1n) is 8.93. The molecular weight excluding hydrogens is 408 g/mol. The number of nitrogens with zero attached hydrogens (tertiary/aromatic N) is 3. The largest absolute Gasteiger partial charge is 0.368 e. The number of aromatic amines is 1. The van der Waals surface area contributed by atoms with Crippen molar-refractivity contribution in [2.75, 3.05) is 23.3 Å². The lowest BCUT2D eigenvalue weighted by Gasteiger charge is -2.33. The van der Waals surface area contributed by atoms with E-state index < -0.39 is 0 Å². The molecule has 0 aromatic carbocycles. The average molecular weight is 429 g/mol. The minimum absolute atomic E-state index is 0.142. The Morgan fingerprint density at radius 2 is 2.30 bits per heavy atom. The van der Waals surface area contributed by atoms with Gasteiger partial charge in [-0.3, -0.25) is 9.78 Å². The van der Waals surface area contributed by atoms with Gasteiger partial charge in [-0.2, -0.15) is 0 Å². The molecule has 0 saturated carbocycles. The van der Waals surface area contributed by atoms with Crippen LogP contribution in [0.2, 0.25) is 0 Å². The molecule has 1 fully saturated rings. The standard InChI is InChI=1S/C19H21BrN6O/c1-11-13(5-2-6-22-11)19(27)25-15-9-24-18-16(15)17(14(20)8-23-18)26-7-3-4-12(21)10-26/h2,5-6,8-9,12H,3-4,7,10,21H2,1H3,(H,23,24)(H,25,27). The van der Waals surface area contributed by atoms with E-state index in [1.807, 2.05) is 6.92 Å². The highest BCUT2D eigenvalue weighted by Gasteiger charge is 2.24. The fourth-order valence-corrected chi connectivity index (χ4v) is 4.14. The van der Waals surface area contributed by atoms with Crippen molar-refractivity contribution in [2.24, 2.45) is 5.73 Å². The monoisotopic (exact) mass is 428 g/mol. The molecule has 4 heterocycles. The van der Waals surface area contributed by atoms with Gasteiger partial charge in [-0.25, -0.2) is 4.98 Å². The average Bonchev–Trinajstić information content (AvgIpc) is 3.04. The molecule has 1 amide bonds. The Hall–Kier alpha value is -2.45. The van der Waals surface area contributed by atoms with Gasteiger partial charge in [0.15, 0.2) is 0 Å². The molecule has 4 N–H and O–H groups in total. The van der Waals surface area contributed by atoms with Gasteiger partial charge in [0.2, 0.25) is 0 Å². The number of anilines is 2. The van der Waals surface area contributed by atoms with Gasteiger partial charge in [-0.15, -0.1) is 0 Å². The summed E-state index contributed by atoms with van der Waals surface area (Å²) >= 11 is 3.63. The molecule has 1 saturated heterocycles. The maximum absolute atomic E-state index is 12.8. The maximum atomic E-state index is 12.8. The van der Waals surface area contributed by atoms with Crippen molar-refractivity contribution in [3.63, 3.8) is 0 Å². The summed E-state index contributed by atoms with van der Waals surface area (Å²) in [6, 6.07) is 3.67. The molecule has 0 radical (unpaired) electrons. The van der Waals surface area contributed by atoms with Crippen molar-refractivity contribution in [2.45, 2.75) is 25.8 Å². The van der Waals surface area contributed by atoms with Gasteiger partial charge in [-0.1, -0.05) is 0 Å². The van der Waals surface area contributed by atoms with Gasteiger partial charge >= 0.3 is 0 Å². The first kappa shape index (κ1) is 17.9. The van der Waals surface area contributed by atoms with Gasteiger partial charge in [0.05, 0.1) is 26.8 Å². The SMILES string of the molecule is Cc1ncccc1C(=O)Nc1c[nH]c2ncc(Br)c(N3CCCC(N)C3)c12. The molecule has 0 aliphatic carbocycles. The van der Waals surface area contributed by atoms with Gasteiger partial charge < -0.3 is 20.9 Å². The van der Waals surface area contributed by atoms with E-state index >= 15 is 0 Å². The number of pyridine rings is 2. The van der Waals surface area contributed by atoms with Crippen LogP contribution >= 0.6 is 15.9 Å².